The lowest BCUT2D eigenvalue weighted by atomic mass is 10.1. The van der Waals surface area contributed by atoms with E-state index < -0.39 is 6.09 Å². The minimum atomic E-state index is -0.533. The van der Waals surface area contributed by atoms with Crippen molar-refractivity contribution in [1.29, 1.82) is 0 Å². The first-order valence-electron chi connectivity index (χ1n) is 6.64. The van der Waals surface area contributed by atoms with E-state index in [-0.39, 0.29) is 18.0 Å². The van der Waals surface area contributed by atoms with E-state index in [1.54, 1.807) is 0 Å². The molecule has 1 aromatic rings. The molecule has 1 aromatic carbocycles. The number of ether oxygens (including phenoxy) is 1. The summed E-state index contributed by atoms with van der Waals surface area (Å²) in [6.07, 6.45) is 4.17. The van der Waals surface area contributed by atoms with Gasteiger partial charge in [-0.05, 0) is 43.5 Å². The van der Waals surface area contributed by atoms with Gasteiger partial charge in [0.2, 0.25) is 0 Å². The SMILES string of the molecule is NC1CCCCCC1OC(=O)Nc1ccc(F)cc1. The van der Waals surface area contributed by atoms with Gasteiger partial charge >= 0.3 is 6.09 Å². The zero-order valence-corrected chi connectivity index (χ0v) is 10.8. The monoisotopic (exact) mass is 266 g/mol. The molecular weight excluding hydrogens is 247 g/mol. The summed E-state index contributed by atoms with van der Waals surface area (Å²) in [4.78, 5) is 11.7. The van der Waals surface area contributed by atoms with Crippen LogP contribution in [0.1, 0.15) is 32.1 Å². The molecular formula is C14H19FN2O2. The van der Waals surface area contributed by atoms with Crippen LogP contribution in [0.25, 0.3) is 0 Å². The number of hydrogen-bond acceptors (Lipinski definition) is 3. The lowest BCUT2D eigenvalue weighted by Crippen LogP contribution is -2.38. The number of carbonyl (C=O) groups is 1. The summed E-state index contributed by atoms with van der Waals surface area (Å²) in [5.41, 5.74) is 6.49. The largest absolute Gasteiger partial charge is 0.444 e. The minimum absolute atomic E-state index is 0.0959. The van der Waals surface area contributed by atoms with Gasteiger partial charge in [-0.1, -0.05) is 12.8 Å². The van der Waals surface area contributed by atoms with E-state index in [1.807, 2.05) is 0 Å². The van der Waals surface area contributed by atoms with Crippen LogP contribution < -0.4 is 11.1 Å². The first-order valence-corrected chi connectivity index (χ1v) is 6.64. The zero-order chi connectivity index (χ0) is 13.7. The normalized spacial score (nSPS) is 23.5. The molecule has 2 rings (SSSR count). The molecule has 0 aromatic heterocycles. The fourth-order valence-electron chi connectivity index (χ4n) is 2.27. The molecule has 0 heterocycles. The number of rotatable bonds is 2. The Morgan fingerprint density at radius 1 is 1.21 bits per heavy atom. The highest BCUT2D eigenvalue weighted by molar-refractivity contribution is 5.84. The van der Waals surface area contributed by atoms with Crippen molar-refractivity contribution < 1.29 is 13.9 Å². The Hall–Kier alpha value is -1.62. The van der Waals surface area contributed by atoms with Gasteiger partial charge in [-0.25, -0.2) is 9.18 Å². The van der Waals surface area contributed by atoms with Gasteiger partial charge in [-0.3, -0.25) is 5.32 Å². The predicted molar refractivity (Wildman–Crippen MR) is 71.4 cm³/mol. The van der Waals surface area contributed by atoms with Gasteiger partial charge in [0.25, 0.3) is 0 Å². The molecule has 0 aliphatic heterocycles. The van der Waals surface area contributed by atoms with E-state index in [1.165, 1.54) is 24.3 Å². The van der Waals surface area contributed by atoms with Gasteiger partial charge in [0.05, 0.1) is 0 Å². The van der Waals surface area contributed by atoms with Crippen LogP contribution in [0, 0.1) is 5.82 Å². The first kappa shape index (κ1) is 13.8. The van der Waals surface area contributed by atoms with Crippen LogP contribution in [0.3, 0.4) is 0 Å². The molecule has 19 heavy (non-hydrogen) atoms. The number of hydrogen-bond donors (Lipinski definition) is 2. The summed E-state index contributed by atoms with van der Waals surface area (Å²) in [7, 11) is 0. The van der Waals surface area contributed by atoms with Crippen LogP contribution in [0.4, 0.5) is 14.9 Å². The Bertz CT molecular complexity index is 422. The molecule has 3 N–H and O–H groups in total. The summed E-state index contributed by atoms with van der Waals surface area (Å²) in [5.74, 6) is -0.343. The smallest absolute Gasteiger partial charge is 0.411 e. The summed E-state index contributed by atoms with van der Waals surface area (Å²) in [6.45, 7) is 0. The number of halogens is 1. The van der Waals surface area contributed by atoms with Crippen molar-refractivity contribution in [3.8, 4) is 0 Å². The van der Waals surface area contributed by atoms with Crippen molar-refractivity contribution in [3.05, 3.63) is 30.1 Å². The van der Waals surface area contributed by atoms with Gasteiger partial charge in [0.1, 0.15) is 11.9 Å². The second-order valence-electron chi connectivity index (χ2n) is 4.88. The Morgan fingerprint density at radius 3 is 2.63 bits per heavy atom. The fourth-order valence-corrected chi connectivity index (χ4v) is 2.27. The maximum absolute atomic E-state index is 12.7. The van der Waals surface area contributed by atoms with Crippen LogP contribution in [-0.2, 0) is 4.74 Å². The highest BCUT2D eigenvalue weighted by atomic mass is 19.1. The second kappa shape index (κ2) is 6.52. The van der Waals surface area contributed by atoms with Crippen LogP contribution in [-0.4, -0.2) is 18.2 Å². The van der Waals surface area contributed by atoms with Gasteiger partial charge in [-0.2, -0.15) is 0 Å². The number of anilines is 1. The molecule has 1 fully saturated rings. The third-order valence-corrected chi connectivity index (χ3v) is 3.35. The lowest BCUT2D eigenvalue weighted by molar-refractivity contribution is 0.0898. The van der Waals surface area contributed by atoms with Crippen molar-refractivity contribution >= 4 is 11.8 Å². The van der Waals surface area contributed by atoms with E-state index in [2.05, 4.69) is 5.32 Å². The quantitative estimate of drug-likeness (QED) is 0.809. The molecule has 2 atom stereocenters. The molecule has 0 radical (unpaired) electrons. The molecule has 1 aliphatic rings. The molecule has 1 amide bonds. The number of amides is 1. The average Bonchev–Trinajstić information content (AvgIpc) is 2.58. The number of nitrogens with two attached hydrogens (primary N) is 1. The van der Waals surface area contributed by atoms with Gasteiger partial charge in [-0.15, -0.1) is 0 Å². The molecule has 4 nitrogen and oxygen atoms in total. The first-order chi connectivity index (χ1) is 9.15. The van der Waals surface area contributed by atoms with Crippen molar-refractivity contribution in [2.45, 2.75) is 44.2 Å². The van der Waals surface area contributed by atoms with Crippen LogP contribution >= 0.6 is 0 Å². The van der Waals surface area contributed by atoms with E-state index in [0.717, 1.165) is 32.1 Å². The molecule has 5 heteroatoms. The van der Waals surface area contributed by atoms with Gasteiger partial charge in [0, 0.05) is 11.7 Å². The molecule has 1 saturated carbocycles. The molecule has 104 valence electrons. The van der Waals surface area contributed by atoms with Crippen molar-refractivity contribution in [2.24, 2.45) is 5.73 Å². The van der Waals surface area contributed by atoms with E-state index >= 15 is 0 Å². The fraction of sp³-hybridized carbons (Fsp3) is 0.500. The predicted octanol–water partition coefficient (Wildman–Crippen LogP) is 3.03. The summed E-state index contributed by atoms with van der Waals surface area (Å²) in [6, 6.07) is 5.45. The third kappa shape index (κ3) is 4.21. The third-order valence-electron chi connectivity index (χ3n) is 3.35. The summed E-state index contributed by atoms with van der Waals surface area (Å²) in [5, 5.41) is 2.57. The van der Waals surface area contributed by atoms with Crippen molar-refractivity contribution in [1.82, 2.24) is 0 Å². The minimum Gasteiger partial charge on any atom is -0.444 e. The maximum atomic E-state index is 12.7. The Balaban J connectivity index is 1.87. The molecule has 0 spiro atoms. The topological polar surface area (TPSA) is 64.3 Å². The van der Waals surface area contributed by atoms with Crippen LogP contribution in [0.5, 0.6) is 0 Å². The van der Waals surface area contributed by atoms with E-state index in [4.69, 9.17) is 10.5 Å². The number of nitrogens with one attached hydrogen (secondary N) is 1. The molecule has 2 unspecified atom stereocenters. The van der Waals surface area contributed by atoms with Crippen LogP contribution in [0.15, 0.2) is 24.3 Å². The Kier molecular flexibility index (Phi) is 4.74. The lowest BCUT2D eigenvalue weighted by Gasteiger charge is -2.21. The van der Waals surface area contributed by atoms with E-state index in [0.29, 0.717) is 5.69 Å². The summed E-state index contributed by atoms with van der Waals surface area (Å²) >= 11 is 0. The van der Waals surface area contributed by atoms with Crippen molar-refractivity contribution in [2.75, 3.05) is 5.32 Å². The Labute approximate surface area is 112 Å². The molecule has 0 bridgehead atoms. The highest BCUT2D eigenvalue weighted by Gasteiger charge is 2.23. The molecule has 1 aliphatic carbocycles. The molecule has 0 saturated heterocycles. The number of benzene rings is 1. The summed E-state index contributed by atoms with van der Waals surface area (Å²) < 4.78 is 18.1. The van der Waals surface area contributed by atoms with Crippen molar-refractivity contribution in [3.63, 3.8) is 0 Å². The zero-order valence-electron chi connectivity index (χ0n) is 10.8. The van der Waals surface area contributed by atoms with Crippen LogP contribution in [0.2, 0.25) is 0 Å². The highest BCUT2D eigenvalue weighted by Crippen LogP contribution is 2.20. The average molecular weight is 266 g/mol. The van der Waals surface area contributed by atoms with Gasteiger partial charge in [0.15, 0.2) is 0 Å². The maximum Gasteiger partial charge on any atom is 0.411 e. The van der Waals surface area contributed by atoms with E-state index in [9.17, 15) is 9.18 Å². The van der Waals surface area contributed by atoms with Gasteiger partial charge < -0.3 is 10.5 Å². The standard InChI is InChI=1S/C14H19FN2O2/c15-10-6-8-11(9-7-10)17-14(18)19-13-5-3-1-2-4-12(13)16/h6-9,12-13H,1-5,16H2,(H,17,18). The number of carbonyl (C=O) groups excluding carboxylic acids is 1. The Morgan fingerprint density at radius 2 is 1.89 bits per heavy atom. The second-order valence-corrected chi connectivity index (χ2v) is 4.88.